The van der Waals surface area contributed by atoms with E-state index in [1.807, 2.05) is 0 Å². The zero-order chi connectivity index (χ0) is 17.3. The maximum atomic E-state index is 14.2. The second kappa shape index (κ2) is 6.40. The van der Waals surface area contributed by atoms with Crippen molar-refractivity contribution in [3.63, 3.8) is 0 Å². The lowest BCUT2D eigenvalue weighted by Gasteiger charge is -2.08. The zero-order valence-corrected chi connectivity index (χ0v) is 13.8. The van der Waals surface area contributed by atoms with Gasteiger partial charge in [0.05, 0.1) is 24.1 Å². The van der Waals surface area contributed by atoms with Gasteiger partial charge in [0.15, 0.2) is 0 Å². The minimum Gasteiger partial charge on any atom is -0.387 e. The number of aryl methyl sites for hydroxylation is 1. The van der Waals surface area contributed by atoms with Crippen LogP contribution in [0.25, 0.3) is 11.3 Å². The number of hydrogen-bond acceptors (Lipinski definition) is 5. The van der Waals surface area contributed by atoms with E-state index in [1.54, 1.807) is 20.2 Å². The summed E-state index contributed by atoms with van der Waals surface area (Å²) in [6.45, 7) is 0.115. The molecule has 0 saturated carbocycles. The largest absolute Gasteiger partial charge is 0.387 e. The van der Waals surface area contributed by atoms with Crippen molar-refractivity contribution in [2.45, 2.75) is 6.54 Å². The molecule has 0 bridgehead atoms. The van der Waals surface area contributed by atoms with Gasteiger partial charge in [0.1, 0.15) is 11.5 Å². The zero-order valence-electron chi connectivity index (χ0n) is 13.0. The maximum Gasteiger partial charge on any atom is 0.269 e. The number of nitrogens with one attached hydrogen (secondary N) is 1. The number of hydrogen-bond donors (Lipinski definition) is 1. The number of halogens is 2. The van der Waals surface area contributed by atoms with Crippen molar-refractivity contribution >= 4 is 17.3 Å². The van der Waals surface area contributed by atoms with E-state index in [-0.39, 0.29) is 17.7 Å². The summed E-state index contributed by atoms with van der Waals surface area (Å²) in [7, 11) is 3.37. The van der Waals surface area contributed by atoms with Gasteiger partial charge in [-0.15, -0.1) is 5.10 Å². The van der Waals surface area contributed by atoms with Crippen LogP contribution in [-0.4, -0.2) is 31.8 Å². The maximum absolute atomic E-state index is 14.2. The highest BCUT2D eigenvalue weighted by Gasteiger charge is 2.17. The van der Waals surface area contributed by atoms with Gasteiger partial charge in [-0.3, -0.25) is 4.79 Å². The van der Waals surface area contributed by atoms with E-state index in [4.69, 9.17) is 11.6 Å². The van der Waals surface area contributed by atoms with Crippen LogP contribution in [0.4, 0.5) is 10.1 Å². The second-order valence-electron chi connectivity index (χ2n) is 5.12. The number of rotatable bonds is 4. The molecule has 0 radical (unpaired) electrons. The first kappa shape index (κ1) is 16.1. The minimum atomic E-state index is -0.505. The van der Waals surface area contributed by atoms with E-state index >= 15 is 0 Å². The average molecular weight is 349 g/mol. The molecule has 7 nitrogen and oxygen atoms in total. The standard InChI is InChI=1S/C15H14ClFN6O/c1-18-10-6-14(24)23(19-7-10)8-13-15(20-21-22(13)2)11-4-3-9(16)5-12(11)17/h3-7,18H,8H2,1-2H3. The molecular formula is C15H14ClFN6O. The third-order valence-corrected chi connectivity index (χ3v) is 3.82. The van der Waals surface area contributed by atoms with Crippen molar-refractivity contribution in [1.82, 2.24) is 24.8 Å². The van der Waals surface area contributed by atoms with E-state index in [0.29, 0.717) is 22.1 Å². The van der Waals surface area contributed by atoms with Crippen molar-refractivity contribution in [2.24, 2.45) is 7.05 Å². The molecule has 124 valence electrons. The van der Waals surface area contributed by atoms with Gasteiger partial charge in [0.2, 0.25) is 0 Å². The van der Waals surface area contributed by atoms with Crippen molar-refractivity contribution in [3.05, 3.63) is 57.3 Å². The number of aromatic nitrogens is 5. The van der Waals surface area contributed by atoms with Crippen LogP contribution >= 0.6 is 11.6 Å². The highest BCUT2D eigenvalue weighted by Crippen LogP contribution is 2.26. The van der Waals surface area contributed by atoms with Gasteiger partial charge >= 0.3 is 0 Å². The fraction of sp³-hybridized carbons (Fsp3) is 0.200. The molecule has 0 aliphatic rings. The van der Waals surface area contributed by atoms with E-state index in [0.717, 1.165) is 0 Å². The van der Waals surface area contributed by atoms with E-state index < -0.39 is 5.82 Å². The van der Waals surface area contributed by atoms with Gasteiger partial charge < -0.3 is 5.32 Å². The Morgan fingerprint density at radius 3 is 2.79 bits per heavy atom. The lowest BCUT2D eigenvalue weighted by molar-refractivity contribution is 0.587. The molecule has 0 aliphatic heterocycles. The first-order chi connectivity index (χ1) is 11.5. The fourth-order valence-corrected chi connectivity index (χ4v) is 2.43. The average Bonchev–Trinajstić information content (AvgIpc) is 2.90. The Morgan fingerprint density at radius 2 is 2.12 bits per heavy atom. The Bertz CT molecular complexity index is 951. The van der Waals surface area contributed by atoms with Crippen LogP contribution in [0.5, 0.6) is 0 Å². The minimum absolute atomic E-state index is 0.115. The molecule has 0 fully saturated rings. The molecular weight excluding hydrogens is 335 g/mol. The lowest BCUT2D eigenvalue weighted by atomic mass is 10.1. The Balaban J connectivity index is 2.04. The normalized spacial score (nSPS) is 10.8. The molecule has 0 atom stereocenters. The Morgan fingerprint density at radius 1 is 1.33 bits per heavy atom. The summed E-state index contributed by atoms with van der Waals surface area (Å²) in [4.78, 5) is 12.1. The molecule has 9 heteroatoms. The SMILES string of the molecule is CNc1cnn(Cc2c(-c3ccc(Cl)cc3F)nnn2C)c(=O)c1. The highest BCUT2D eigenvalue weighted by molar-refractivity contribution is 6.30. The molecule has 3 aromatic rings. The smallest absolute Gasteiger partial charge is 0.269 e. The summed E-state index contributed by atoms with van der Waals surface area (Å²) in [5.74, 6) is -0.505. The summed E-state index contributed by atoms with van der Waals surface area (Å²) in [5.41, 5.74) is 1.50. The van der Waals surface area contributed by atoms with Gasteiger partial charge in [-0.2, -0.15) is 5.10 Å². The summed E-state index contributed by atoms with van der Waals surface area (Å²) >= 11 is 5.79. The van der Waals surface area contributed by atoms with Gasteiger partial charge in [0.25, 0.3) is 5.56 Å². The van der Waals surface area contributed by atoms with Crippen LogP contribution in [0.3, 0.4) is 0 Å². The molecule has 1 N–H and O–H groups in total. The van der Waals surface area contributed by atoms with Crippen LogP contribution < -0.4 is 10.9 Å². The van der Waals surface area contributed by atoms with Crippen LogP contribution in [-0.2, 0) is 13.6 Å². The fourth-order valence-electron chi connectivity index (χ4n) is 2.28. The van der Waals surface area contributed by atoms with Crippen molar-refractivity contribution in [2.75, 3.05) is 12.4 Å². The topological polar surface area (TPSA) is 77.6 Å². The highest BCUT2D eigenvalue weighted by atomic mass is 35.5. The third kappa shape index (κ3) is 3.00. The van der Waals surface area contributed by atoms with Crippen LogP contribution in [0.15, 0.2) is 35.3 Å². The first-order valence-corrected chi connectivity index (χ1v) is 7.46. The predicted molar refractivity (Wildman–Crippen MR) is 88.6 cm³/mol. The molecule has 3 rings (SSSR count). The van der Waals surface area contributed by atoms with Crippen LogP contribution in [0.1, 0.15) is 5.69 Å². The number of benzene rings is 1. The molecule has 0 aliphatic carbocycles. The van der Waals surface area contributed by atoms with E-state index in [2.05, 4.69) is 20.7 Å². The Labute approximate surface area is 141 Å². The summed E-state index contributed by atoms with van der Waals surface area (Å²) in [6, 6.07) is 5.75. The predicted octanol–water partition coefficient (Wildman–Crippen LogP) is 1.92. The Kier molecular flexibility index (Phi) is 4.30. The van der Waals surface area contributed by atoms with Crippen molar-refractivity contribution in [1.29, 1.82) is 0 Å². The molecule has 24 heavy (non-hydrogen) atoms. The molecule has 2 aromatic heterocycles. The van der Waals surface area contributed by atoms with Gasteiger partial charge in [-0.05, 0) is 18.2 Å². The van der Waals surface area contributed by atoms with Gasteiger partial charge in [0, 0.05) is 30.7 Å². The van der Waals surface area contributed by atoms with Gasteiger partial charge in [-0.25, -0.2) is 13.8 Å². The molecule has 2 heterocycles. The quantitative estimate of drug-likeness (QED) is 0.779. The summed E-state index contributed by atoms with van der Waals surface area (Å²) in [6.07, 6.45) is 1.54. The molecule has 0 saturated heterocycles. The number of anilines is 1. The van der Waals surface area contributed by atoms with Gasteiger partial charge in [-0.1, -0.05) is 16.8 Å². The van der Waals surface area contributed by atoms with Crippen LogP contribution in [0, 0.1) is 5.82 Å². The van der Waals surface area contributed by atoms with Crippen LogP contribution in [0.2, 0.25) is 5.02 Å². The molecule has 0 amide bonds. The van der Waals surface area contributed by atoms with E-state index in [9.17, 15) is 9.18 Å². The molecule has 1 aromatic carbocycles. The van der Waals surface area contributed by atoms with Crippen molar-refractivity contribution < 1.29 is 4.39 Å². The van der Waals surface area contributed by atoms with Crippen molar-refractivity contribution in [3.8, 4) is 11.3 Å². The third-order valence-electron chi connectivity index (χ3n) is 3.59. The number of nitrogens with zero attached hydrogens (tertiary/aromatic N) is 5. The van der Waals surface area contributed by atoms with E-state index in [1.165, 1.54) is 33.8 Å². The second-order valence-corrected chi connectivity index (χ2v) is 5.56. The Hall–Kier alpha value is -2.74. The molecule has 0 spiro atoms. The first-order valence-electron chi connectivity index (χ1n) is 7.08. The lowest BCUT2D eigenvalue weighted by Crippen LogP contribution is -2.24. The summed E-state index contributed by atoms with van der Waals surface area (Å²) < 4.78 is 16.9. The molecule has 0 unspecified atom stereocenters. The monoisotopic (exact) mass is 348 g/mol. The summed E-state index contributed by atoms with van der Waals surface area (Å²) in [5, 5.41) is 15.2.